The minimum Gasteiger partial charge on any atom is -0.321 e. The second-order valence-corrected chi connectivity index (χ2v) is 8.34. The quantitative estimate of drug-likeness (QED) is 0.743. The van der Waals surface area contributed by atoms with Gasteiger partial charge < -0.3 is 9.88 Å². The van der Waals surface area contributed by atoms with Gasteiger partial charge in [0.25, 0.3) is 10.1 Å². The summed E-state index contributed by atoms with van der Waals surface area (Å²) >= 11 is 0. The molecule has 2 heterocycles. The first-order valence-electron chi connectivity index (χ1n) is 6.58. The van der Waals surface area contributed by atoms with Crippen molar-refractivity contribution in [3.63, 3.8) is 0 Å². The van der Waals surface area contributed by atoms with E-state index in [1.165, 1.54) is 18.4 Å². The third-order valence-electron chi connectivity index (χ3n) is 3.21. The molecule has 0 fully saturated rings. The van der Waals surface area contributed by atoms with Crippen LogP contribution in [0.2, 0.25) is 0 Å². The highest BCUT2D eigenvalue weighted by Gasteiger charge is 2.23. The van der Waals surface area contributed by atoms with E-state index in [9.17, 15) is 16.8 Å². The van der Waals surface area contributed by atoms with Crippen molar-refractivity contribution in [2.24, 2.45) is 7.05 Å². The minimum absolute atomic E-state index is 0.0741. The predicted octanol–water partition coefficient (Wildman–Crippen LogP) is 0.360. The van der Waals surface area contributed by atoms with E-state index in [1.54, 1.807) is 29.8 Å². The second kappa shape index (κ2) is 6.40. The van der Waals surface area contributed by atoms with Gasteiger partial charge in [-0.3, -0.25) is 4.55 Å². The maximum atomic E-state index is 11.3. The molecule has 126 valence electrons. The number of imidazole rings is 1. The molecular weight excluding hydrogens is 342 g/mol. The van der Waals surface area contributed by atoms with Gasteiger partial charge in [0.05, 0.1) is 16.3 Å². The molecule has 2 aromatic rings. The fourth-order valence-corrected chi connectivity index (χ4v) is 3.53. The molecule has 1 aromatic heterocycles. The third-order valence-corrected chi connectivity index (χ3v) is 5.11. The zero-order valence-electron chi connectivity index (χ0n) is 12.6. The first kappa shape index (κ1) is 17.6. The SMILES string of the molecule is Cn1c(S(C)(=O)=O)nc2c1CNC2.O=S(=O)(O)c1ccccc1. The van der Waals surface area contributed by atoms with E-state index in [4.69, 9.17) is 4.55 Å². The highest BCUT2D eigenvalue weighted by atomic mass is 32.2. The molecule has 0 saturated heterocycles. The van der Waals surface area contributed by atoms with Crippen LogP contribution in [0, 0.1) is 0 Å². The van der Waals surface area contributed by atoms with Crippen molar-refractivity contribution in [3.8, 4) is 0 Å². The molecule has 2 N–H and O–H groups in total. The van der Waals surface area contributed by atoms with Crippen LogP contribution in [-0.4, -0.2) is 37.2 Å². The smallest absolute Gasteiger partial charge is 0.294 e. The molecule has 0 spiro atoms. The van der Waals surface area contributed by atoms with E-state index in [-0.39, 0.29) is 10.1 Å². The molecule has 0 unspecified atom stereocenters. The number of hydrogen-bond donors (Lipinski definition) is 2. The zero-order chi connectivity index (χ0) is 17.3. The Kier molecular flexibility index (Phi) is 4.90. The van der Waals surface area contributed by atoms with Crippen LogP contribution in [0.1, 0.15) is 11.4 Å². The fourth-order valence-electron chi connectivity index (χ4n) is 2.15. The number of sulfone groups is 1. The molecule has 1 aliphatic heterocycles. The van der Waals surface area contributed by atoms with E-state index < -0.39 is 20.0 Å². The predicted molar refractivity (Wildman–Crippen MR) is 83.1 cm³/mol. The van der Waals surface area contributed by atoms with E-state index in [1.807, 2.05) is 0 Å². The average Bonchev–Trinajstić information content (AvgIpc) is 3.02. The number of fused-ring (bicyclic) bond motifs is 1. The van der Waals surface area contributed by atoms with Gasteiger partial charge in [0, 0.05) is 26.4 Å². The third kappa shape index (κ3) is 4.16. The number of benzene rings is 1. The van der Waals surface area contributed by atoms with Crippen LogP contribution in [-0.2, 0) is 40.1 Å². The molecule has 0 radical (unpaired) electrons. The lowest BCUT2D eigenvalue weighted by Gasteiger charge is -2.01. The van der Waals surface area contributed by atoms with Crippen molar-refractivity contribution in [2.75, 3.05) is 6.26 Å². The van der Waals surface area contributed by atoms with Crippen LogP contribution in [0.25, 0.3) is 0 Å². The first-order valence-corrected chi connectivity index (χ1v) is 9.91. The summed E-state index contributed by atoms with van der Waals surface area (Å²) in [7, 11) is -5.46. The largest absolute Gasteiger partial charge is 0.321 e. The molecular formula is C13H17N3O5S2. The lowest BCUT2D eigenvalue weighted by Crippen LogP contribution is -2.11. The number of aromatic nitrogens is 2. The van der Waals surface area contributed by atoms with Crippen LogP contribution in [0.3, 0.4) is 0 Å². The van der Waals surface area contributed by atoms with Crippen molar-refractivity contribution in [2.45, 2.75) is 23.1 Å². The Hall–Kier alpha value is -1.75. The Balaban J connectivity index is 0.000000174. The van der Waals surface area contributed by atoms with E-state index in [2.05, 4.69) is 10.3 Å². The maximum Gasteiger partial charge on any atom is 0.294 e. The summed E-state index contributed by atoms with van der Waals surface area (Å²) in [5.74, 6) is 0. The summed E-state index contributed by atoms with van der Waals surface area (Å²) < 4.78 is 53.4. The van der Waals surface area contributed by atoms with Crippen LogP contribution in [0.15, 0.2) is 40.4 Å². The monoisotopic (exact) mass is 359 g/mol. The van der Waals surface area contributed by atoms with E-state index in [0.29, 0.717) is 13.1 Å². The van der Waals surface area contributed by atoms with Crippen molar-refractivity contribution in [1.29, 1.82) is 0 Å². The second-order valence-electron chi connectivity index (χ2n) is 5.01. The molecule has 1 aromatic carbocycles. The highest BCUT2D eigenvalue weighted by Crippen LogP contribution is 2.18. The van der Waals surface area contributed by atoms with Gasteiger partial charge in [0.15, 0.2) is 0 Å². The van der Waals surface area contributed by atoms with Gasteiger partial charge in [0.1, 0.15) is 0 Å². The Bertz CT molecular complexity index is 903. The van der Waals surface area contributed by atoms with Gasteiger partial charge in [-0.25, -0.2) is 13.4 Å². The Morgan fingerprint density at radius 1 is 1.13 bits per heavy atom. The topological polar surface area (TPSA) is 118 Å². The van der Waals surface area contributed by atoms with E-state index in [0.717, 1.165) is 11.4 Å². The van der Waals surface area contributed by atoms with E-state index >= 15 is 0 Å². The molecule has 0 atom stereocenters. The number of nitrogens with zero attached hydrogens (tertiary/aromatic N) is 2. The molecule has 0 bridgehead atoms. The number of nitrogens with one attached hydrogen (secondary N) is 1. The average molecular weight is 359 g/mol. The molecule has 1 aliphatic rings. The van der Waals surface area contributed by atoms with Crippen molar-refractivity contribution < 1.29 is 21.4 Å². The van der Waals surface area contributed by atoms with Gasteiger partial charge in [-0.05, 0) is 12.1 Å². The standard InChI is InChI=1S/C7H11N3O2S.C6H6O3S/c1-10-6-4-8-3-5(6)9-7(10)13(2,11)12;7-10(8,9)6-4-2-1-3-5-6/h8H,3-4H2,1-2H3;1-5H,(H,7,8,9). The summed E-state index contributed by atoms with van der Waals surface area (Å²) in [6.45, 7) is 1.37. The van der Waals surface area contributed by atoms with Crippen LogP contribution in [0.4, 0.5) is 0 Å². The Morgan fingerprint density at radius 2 is 1.74 bits per heavy atom. The first-order chi connectivity index (χ1) is 10.6. The lowest BCUT2D eigenvalue weighted by molar-refractivity contribution is 0.483. The summed E-state index contributed by atoms with van der Waals surface area (Å²) in [5.41, 5.74) is 1.82. The summed E-state index contributed by atoms with van der Waals surface area (Å²) in [6, 6.07) is 7.42. The molecule has 10 heteroatoms. The fraction of sp³-hybridized carbons (Fsp3) is 0.308. The van der Waals surface area contributed by atoms with Crippen molar-refractivity contribution >= 4 is 20.0 Å². The molecule has 0 amide bonds. The molecule has 0 aliphatic carbocycles. The van der Waals surface area contributed by atoms with Gasteiger partial charge in [-0.15, -0.1) is 0 Å². The Labute approximate surface area is 134 Å². The number of rotatable bonds is 2. The van der Waals surface area contributed by atoms with Gasteiger partial charge in [-0.1, -0.05) is 18.2 Å². The zero-order valence-corrected chi connectivity index (χ0v) is 14.2. The minimum atomic E-state index is -4.00. The summed E-state index contributed by atoms with van der Waals surface area (Å²) in [5, 5.41) is 3.27. The van der Waals surface area contributed by atoms with Crippen LogP contribution in [0.5, 0.6) is 0 Å². The van der Waals surface area contributed by atoms with Crippen molar-refractivity contribution in [3.05, 3.63) is 41.7 Å². The van der Waals surface area contributed by atoms with Crippen molar-refractivity contribution in [1.82, 2.24) is 14.9 Å². The highest BCUT2D eigenvalue weighted by molar-refractivity contribution is 7.90. The summed E-state index contributed by atoms with van der Waals surface area (Å²) in [6.07, 6.45) is 1.18. The maximum absolute atomic E-state index is 11.3. The van der Waals surface area contributed by atoms with Crippen LogP contribution >= 0.6 is 0 Å². The van der Waals surface area contributed by atoms with Gasteiger partial charge >= 0.3 is 0 Å². The molecule has 0 saturated carbocycles. The molecule has 23 heavy (non-hydrogen) atoms. The van der Waals surface area contributed by atoms with Gasteiger partial charge in [-0.2, -0.15) is 8.42 Å². The molecule has 8 nitrogen and oxygen atoms in total. The van der Waals surface area contributed by atoms with Crippen LogP contribution < -0.4 is 5.32 Å². The molecule has 3 rings (SSSR count). The number of hydrogen-bond acceptors (Lipinski definition) is 6. The Morgan fingerprint density at radius 3 is 2.17 bits per heavy atom. The van der Waals surface area contributed by atoms with Gasteiger partial charge in [0.2, 0.25) is 15.0 Å². The lowest BCUT2D eigenvalue weighted by atomic mass is 10.4. The normalized spacial score (nSPS) is 14.0. The summed E-state index contributed by atoms with van der Waals surface area (Å²) in [4.78, 5) is 4.00.